The average molecular weight is 374 g/mol. The molecule has 28 heavy (non-hydrogen) atoms. The molecule has 0 atom stereocenters. The molecular formula is C24H26N2O2. The van der Waals surface area contributed by atoms with Crippen molar-refractivity contribution in [1.29, 1.82) is 0 Å². The molecule has 4 heteroatoms. The van der Waals surface area contributed by atoms with Gasteiger partial charge in [0.15, 0.2) is 5.75 Å². The Labute approximate surface area is 166 Å². The Hall–Kier alpha value is -3.27. The van der Waals surface area contributed by atoms with Crippen LogP contribution in [0.5, 0.6) is 11.5 Å². The molecule has 0 unspecified atom stereocenters. The second-order valence-electron chi connectivity index (χ2n) is 6.61. The van der Waals surface area contributed by atoms with E-state index in [1.54, 1.807) is 0 Å². The molecule has 3 rings (SSSR count). The summed E-state index contributed by atoms with van der Waals surface area (Å²) in [6, 6.07) is 25.2. The van der Waals surface area contributed by atoms with Crippen LogP contribution in [0.15, 0.2) is 78.9 Å². The highest BCUT2D eigenvalue weighted by Gasteiger charge is 2.07. The van der Waals surface area contributed by atoms with E-state index in [1.807, 2.05) is 66.7 Å². The highest BCUT2D eigenvalue weighted by atomic mass is 16.5. The van der Waals surface area contributed by atoms with Gasteiger partial charge in [0.2, 0.25) is 5.91 Å². The quantitative estimate of drug-likeness (QED) is 0.492. The van der Waals surface area contributed by atoms with Crippen LogP contribution in [0.3, 0.4) is 0 Å². The van der Waals surface area contributed by atoms with Gasteiger partial charge in [0.25, 0.3) is 0 Å². The number of anilines is 2. The van der Waals surface area contributed by atoms with Crippen LogP contribution in [0.2, 0.25) is 0 Å². The monoisotopic (exact) mass is 374 g/mol. The van der Waals surface area contributed by atoms with Gasteiger partial charge in [-0.2, -0.15) is 0 Å². The molecular weight excluding hydrogens is 348 g/mol. The SMILES string of the molecule is CCCCc1ccc(NC(=O)CNc2ccccc2Oc2ccccc2)cc1. The molecule has 2 N–H and O–H groups in total. The van der Waals surface area contributed by atoms with Gasteiger partial charge in [0, 0.05) is 5.69 Å². The lowest BCUT2D eigenvalue weighted by atomic mass is 10.1. The Bertz CT molecular complexity index is 877. The molecule has 0 radical (unpaired) electrons. The van der Waals surface area contributed by atoms with Gasteiger partial charge in [-0.05, 0) is 54.8 Å². The van der Waals surface area contributed by atoms with Crippen molar-refractivity contribution in [3.05, 3.63) is 84.4 Å². The fourth-order valence-corrected chi connectivity index (χ4v) is 2.83. The third-order valence-electron chi connectivity index (χ3n) is 4.35. The highest BCUT2D eigenvalue weighted by Crippen LogP contribution is 2.28. The third-order valence-corrected chi connectivity index (χ3v) is 4.35. The van der Waals surface area contributed by atoms with E-state index in [4.69, 9.17) is 4.74 Å². The summed E-state index contributed by atoms with van der Waals surface area (Å²) >= 11 is 0. The van der Waals surface area contributed by atoms with Crippen LogP contribution in [0, 0.1) is 0 Å². The molecule has 4 nitrogen and oxygen atoms in total. The Morgan fingerprint density at radius 1 is 0.893 bits per heavy atom. The van der Waals surface area contributed by atoms with Gasteiger partial charge in [-0.25, -0.2) is 0 Å². The number of ether oxygens (including phenoxy) is 1. The van der Waals surface area contributed by atoms with E-state index in [2.05, 4.69) is 29.7 Å². The zero-order chi connectivity index (χ0) is 19.6. The topological polar surface area (TPSA) is 50.4 Å². The smallest absolute Gasteiger partial charge is 0.243 e. The first-order valence-electron chi connectivity index (χ1n) is 9.69. The van der Waals surface area contributed by atoms with Crippen molar-refractivity contribution in [2.75, 3.05) is 17.2 Å². The standard InChI is InChI=1S/C24H26N2O2/c1-2-3-9-19-14-16-20(17-15-19)26-24(27)18-25-22-12-7-8-13-23(22)28-21-10-5-4-6-11-21/h4-8,10-17,25H,2-3,9,18H2,1H3,(H,26,27). The number of unbranched alkanes of at least 4 members (excludes halogenated alkanes) is 1. The lowest BCUT2D eigenvalue weighted by Gasteiger charge is -2.13. The second-order valence-corrected chi connectivity index (χ2v) is 6.61. The van der Waals surface area contributed by atoms with Crippen LogP contribution < -0.4 is 15.4 Å². The van der Waals surface area contributed by atoms with E-state index < -0.39 is 0 Å². The number of hydrogen-bond donors (Lipinski definition) is 2. The minimum atomic E-state index is -0.101. The van der Waals surface area contributed by atoms with Gasteiger partial charge in [0.05, 0.1) is 12.2 Å². The van der Waals surface area contributed by atoms with Crippen molar-refractivity contribution in [3.63, 3.8) is 0 Å². The molecule has 0 saturated carbocycles. The number of para-hydroxylation sites is 3. The molecule has 144 valence electrons. The lowest BCUT2D eigenvalue weighted by molar-refractivity contribution is -0.114. The van der Waals surface area contributed by atoms with Gasteiger partial charge in [-0.1, -0.05) is 55.8 Å². The lowest BCUT2D eigenvalue weighted by Crippen LogP contribution is -2.21. The summed E-state index contributed by atoms with van der Waals surface area (Å²) in [5, 5.41) is 6.08. The first-order valence-corrected chi connectivity index (χ1v) is 9.69. The first-order chi connectivity index (χ1) is 13.7. The van der Waals surface area contributed by atoms with E-state index in [0.717, 1.165) is 23.5 Å². The minimum absolute atomic E-state index is 0.101. The number of nitrogens with one attached hydrogen (secondary N) is 2. The second kappa shape index (κ2) is 10.2. The average Bonchev–Trinajstić information content (AvgIpc) is 2.73. The molecule has 0 aliphatic rings. The molecule has 3 aromatic rings. The summed E-state index contributed by atoms with van der Waals surface area (Å²) in [4.78, 5) is 12.3. The molecule has 0 aliphatic heterocycles. The molecule has 1 amide bonds. The molecule has 0 fully saturated rings. The zero-order valence-electron chi connectivity index (χ0n) is 16.2. The molecule has 0 aliphatic carbocycles. The Morgan fingerprint density at radius 3 is 2.36 bits per heavy atom. The largest absolute Gasteiger partial charge is 0.455 e. The van der Waals surface area contributed by atoms with E-state index in [-0.39, 0.29) is 12.5 Å². The summed E-state index contributed by atoms with van der Waals surface area (Å²) in [5.74, 6) is 1.34. The summed E-state index contributed by atoms with van der Waals surface area (Å²) in [7, 11) is 0. The van der Waals surface area contributed by atoms with Gasteiger partial charge in [-0.15, -0.1) is 0 Å². The van der Waals surface area contributed by atoms with E-state index >= 15 is 0 Å². The van der Waals surface area contributed by atoms with Crippen LogP contribution in [-0.2, 0) is 11.2 Å². The van der Waals surface area contributed by atoms with Crippen LogP contribution in [0.25, 0.3) is 0 Å². The van der Waals surface area contributed by atoms with E-state index in [0.29, 0.717) is 5.75 Å². The van der Waals surface area contributed by atoms with Gasteiger partial charge >= 0.3 is 0 Å². The molecule has 0 bridgehead atoms. The third kappa shape index (κ3) is 5.88. The predicted octanol–water partition coefficient (Wildman–Crippen LogP) is 5.87. The Balaban J connectivity index is 1.54. The van der Waals surface area contributed by atoms with Crippen molar-refractivity contribution in [2.45, 2.75) is 26.2 Å². The number of benzene rings is 3. The van der Waals surface area contributed by atoms with Gasteiger partial charge in [0.1, 0.15) is 5.75 Å². The maximum atomic E-state index is 12.3. The molecule has 0 spiro atoms. The normalized spacial score (nSPS) is 10.3. The summed E-state index contributed by atoms with van der Waals surface area (Å²) in [6.07, 6.45) is 3.43. The van der Waals surface area contributed by atoms with E-state index in [1.165, 1.54) is 18.4 Å². The minimum Gasteiger partial charge on any atom is -0.455 e. The van der Waals surface area contributed by atoms with E-state index in [9.17, 15) is 4.79 Å². The predicted molar refractivity (Wildman–Crippen MR) is 115 cm³/mol. The fraction of sp³-hybridized carbons (Fsp3) is 0.208. The van der Waals surface area contributed by atoms with Gasteiger partial charge < -0.3 is 15.4 Å². The Kier molecular flexibility index (Phi) is 7.08. The van der Waals surface area contributed by atoms with Crippen LogP contribution in [-0.4, -0.2) is 12.5 Å². The van der Waals surface area contributed by atoms with Crippen LogP contribution >= 0.6 is 0 Å². The number of aryl methyl sites for hydroxylation is 1. The van der Waals surface area contributed by atoms with Crippen molar-refractivity contribution in [1.82, 2.24) is 0 Å². The van der Waals surface area contributed by atoms with Crippen molar-refractivity contribution in [2.24, 2.45) is 0 Å². The molecule has 0 saturated heterocycles. The number of amides is 1. The molecule has 0 heterocycles. The number of rotatable bonds is 9. The Morgan fingerprint density at radius 2 is 1.61 bits per heavy atom. The number of hydrogen-bond acceptors (Lipinski definition) is 3. The zero-order valence-corrected chi connectivity index (χ0v) is 16.2. The van der Waals surface area contributed by atoms with Gasteiger partial charge in [-0.3, -0.25) is 4.79 Å². The first kappa shape index (κ1) is 19.5. The number of carbonyl (C=O) groups is 1. The molecule has 3 aromatic carbocycles. The van der Waals surface area contributed by atoms with Crippen molar-refractivity contribution < 1.29 is 9.53 Å². The highest BCUT2D eigenvalue weighted by molar-refractivity contribution is 5.93. The summed E-state index contributed by atoms with van der Waals surface area (Å²) < 4.78 is 5.91. The molecule has 0 aromatic heterocycles. The summed E-state index contributed by atoms with van der Waals surface area (Å²) in [5.41, 5.74) is 2.88. The van der Waals surface area contributed by atoms with Crippen LogP contribution in [0.1, 0.15) is 25.3 Å². The van der Waals surface area contributed by atoms with Crippen LogP contribution in [0.4, 0.5) is 11.4 Å². The van der Waals surface area contributed by atoms with Crippen molar-refractivity contribution in [3.8, 4) is 11.5 Å². The fourth-order valence-electron chi connectivity index (χ4n) is 2.83. The maximum Gasteiger partial charge on any atom is 0.243 e. The van der Waals surface area contributed by atoms with Crippen molar-refractivity contribution >= 4 is 17.3 Å². The summed E-state index contributed by atoms with van der Waals surface area (Å²) in [6.45, 7) is 2.34. The number of carbonyl (C=O) groups excluding carboxylic acids is 1. The maximum absolute atomic E-state index is 12.3.